The van der Waals surface area contributed by atoms with Crippen molar-refractivity contribution in [1.82, 2.24) is 29.6 Å². The molecule has 0 saturated carbocycles. The highest BCUT2D eigenvalue weighted by Crippen LogP contribution is 2.47. The van der Waals surface area contributed by atoms with E-state index in [4.69, 9.17) is 14.8 Å². The predicted molar refractivity (Wildman–Crippen MR) is 164 cm³/mol. The van der Waals surface area contributed by atoms with Gasteiger partial charge in [0.1, 0.15) is 35.4 Å². The molecule has 232 valence electrons. The first-order chi connectivity index (χ1) is 21.7. The third-order valence-corrected chi connectivity index (χ3v) is 8.98. The molecule has 45 heavy (non-hydrogen) atoms. The van der Waals surface area contributed by atoms with Crippen molar-refractivity contribution in [2.75, 3.05) is 19.8 Å². The number of imidazole rings is 1. The van der Waals surface area contributed by atoms with Crippen molar-refractivity contribution in [1.29, 1.82) is 0 Å². The Morgan fingerprint density at radius 2 is 1.89 bits per heavy atom. The smallest absolute Gasteiger partial charge is 0.345 e. The molecule has 2 atom stereocenters. The second kappa shape index (κ2) is 11.5. The zero-order valence-electron chi connectivity index (χ0n) is 24.5. The van der Waals surface area contributed by atoms with E-state index in [2.05, 4.69) is 22.0 Å². The molecule has 4 aromatic heterocycles. The Morgan fingerprint density at radius 1 is 1.04 bits per heavy atom. The molecule has 0 spiro atoms. The summed E-state index contributed by atoms with van der Waals surface area (Å²) in [5, 5.41) is 11.0. The highest BCUT2D eigenvalue weighted by atomic mass is 32.1. The van der Waals surface area contributed by atoms with Crippen LogP contribution in [0, 0.1) is 11.6 Å². The van der Waals surface area contributed by atoms with Crippen molar-refractivity contribution in [3.05, 3.63) is 71.5 Å². The van der Waals surface area contributed by atoms with E-state index >= 15 is 4.39 Å². The van der Waals surface area contributed by atoms with Crippen LogP contribution < -0.4 is 10.1 Å². The van der Waals surface area contributed by atoms with Gasteiger partial charge in [-0.3, -0.25) is 4.68 Å². The van der Waals surface area contributed by atoms with E-state index in [0.717, 1.165) is 46.4 Å². The second-order valence-electron chi connectivity index (χ2n) is 11.0. The first-order valence-corrected chi connectivity index (χ1v) is 15.3. The number of alkyl halides is 2. The van der Waals surface area contributed by atoms with Gasteiger partial charge in [-0.25, -0.2) is 18.7 Å². The Balaban J connectivity index is 1.49. The van der Waals surface area contributed by atoms with Crippen LogP contribution >= 0.6 is 11.3 Å². The maximum absolute atomic E-state index is 16.0. The summed E-state index contributed by atoms with van der Waals surface area (Å²) in [6, 6.07) is 11.6. The summed E-state index contributed by atoms with van der Waals surface area (Å²) in [4.78, 5) is 9.67. The molecule has 13 heteroatoms. The third kappa shape index (κ3) is 5.24. The lowest BCUT2D eigenvalue weighted by Crippen LogP contribution is -2.34. The first-order valence-electron chi connectivity index (χ1n) is 14.4. The summed E-state index contributed by atoms with van der Waals surface area (Å²) in [5.74, 6) is -1.91. The first kappa shape index (κ1) is 29.4. The minimum Gasteiger partial charge on any atom is -0.490 e. The van der Waals surface area contributed by atoms with Gasteiger partial charge < -0.3 is 19.4 Å². The van der Waals surface area contributed by atoms with Crippen molar-refractivity contribution in [3.8, 4) is 39.5 Å². The van der Waals surface area contributed by atoms with Gasteiger partial charge in [0.2, 0.25) is 0 Å². The zero-order valence-corrected chi connectivity index (χ0v) is 25.3. The fraction of sp³-hybridized carbons (Fsp3) is 0.281. The molecule has 5 heterocycles. The van der Waals surface area contributed by atoms with E-state index < -0.39 is 24.9 Å². The summed E-state index contributed by atoms with van der Waals surface area (Å²) in [5.41, 5.74) is 5.37. The summed E-state index contributed by atoms with van der Waals surface area (Å²) < 4.78 is 70.3. The van der Waals surface area contributed by atoms with Gasteiger partial charge in [0, 0.05) is 53.0 Å². The number of benzene rings is 2. The molecule has 0 saturated heterocycles. The lowest BCUT2D eigenvalue weighted by atomic mass is 9.96. The zero-order chi connectivity index (χ0) is 31.4. The molecule has 7 rings (SSSR count). The van der Waals surface area contributed by atoms with E-state index in [-0.39, 0.29) is 30.0 Å². The number of nitrogens with zero attached hydrogens (tertiary/aromatic N) is 5. The Bertz CT molecular complexity index is 2030. The van der Waals surface area contributed by atoms with Crippen LogP contribution in [-0.4, -0.2) is 50.7 Å². The minimum absolute atomic E-state index is 0.0127. The molecular formula is C32H28F4N6O2S. The van der Waals surface area contributed by atoms with Crippen molar-refractivity contribution in [2.24, 2.45) is 7.05 Å². The molecular weight excluding hydrogens is 608 g/mol. The van der Waals surface area contributed by atoms with Gasteiger partial charge in [0.05, 0.1) is 47.0 Å². The number of halogens is 4. The molecule has 0 bridgehead atoms. The average Bonchev–Trinajstić information content (AvgIpc) is 3.76. The molecule has 0 radical (unpaired) electrons. The Kier molecular flexibility index (Phi) is 7.54. The van der Waals surface area contributed by atoms with Gasteiger partial charge in [-0.05, 0) is 43.5 Å². The molecule has 1 N–H and O–H groups in total. The number of thiophene rings is 1. The monoisotopic (exact) mass is 636 g/mol. The molecule has 0 aliphatic carbocycles. The van der Waals surface area contributed by atoms with Crippen LogP contribution in [0.15, 0.2) is 54.2 Å². The van der Waals surface area contributed by atoms with Crippen LogP contribution in [0.4, 0.5) is 17.6 Å². The van der Waals surface area contributed by atoms with Gasteiger partial charge >= 0.3 is 6.61 Å². The highest BCUT2D eigenvalue weighted by Gasteiger charge is 2.29. The largest absolute Gasteiger partial charge is 0.490 e. The van der Waals surface area contributed by atoms with Crippen LogP contribution in [-0.2, 0) is 11.8 Å². The van der Waals surface area contributed by atoms with Crippen LogP contribution in [0.3, 0.4) is 0 Å². The number of pyridine rings is 1. The lowest BCUT2D eigenvalue weighted by molar-refractivity contribution is -0.133. The van der Waals surface area contributed by atoms with E-state index in [1.165, 1.54) is 11.3 Å². The molecule has 8 nitrogen and oxygen atoms in total. The topological polar surface area (TPSA) is 79.0 Å². The number of hydrogen-bond acceptors (Lipinski definition) is 7. The second-order valence-corrected chi connectivity index (χ2v) is 11.9. The molecule has 1 aliphatic heterocycles. The molecule has 0 amide bonds. The quantitative estimate of drug-likeness (QED) is 0.138. The van der Waals surface area contributed by atoms with Gasteiger partial charge in [-0.15, -0.1) is 11.3 Å². The molecule has 1 aliphatic rings. The predicted octanol–water partition coefficient (Wildman–Crippen LogP) is 7.50. The molecule has 6 aromatic rings. The standard InChI is InChI=1S/C32H28F4N6O2S/c1-16-14-37-17(2)25-13-23(40-42(16)25)30-28(27-21(34)11-19(33)12-26(27)43-7-8-44-32(35)36)31-20(6-9-45-31)29(39-30)18-4-5-24-22(10-18)38-15-41(24)3/h4-6,9-13,15-17,32,37H,7-8,14H2,1-3H3. The SMILES string of the molecule is CC1NCC(C)n2nc(-c3nc(-c4ccc5c(c4)ncn5C)c4ccsc4c3-c3c(F)cc(F)cc3OCCOC(F)F)cc21. The normalized spacial score (nSPS) is 16.6. The molecule has 0 fully saturated rings. The van der Waals surface area contributed by atoms with Crippen LogP contribution in [0.25, 0.3) is 54.9 Å². The number of aromatic nitrogens is 5. The number of hydrogen-bond donors (Lipinski definition) is 1. The number of rotatable bonds is 8. The van der Waals surface area contributed by atoms with Crippen molar-refractivity contribution >= 4 is 32.5 Å². The maximum atomic E-state index is 16.0. The Hall–Kier alpha value is -4.33. The van der Waals surface area contributed by atoms with Crippen LogP contribution in [0.5, 0.6) is 5.75 Å². The van der Waals surface area contributed by atoms with Crippen molar-refractivity contribution in [3.63, 3.8) is 0 Å². The summed E-state index contributed by atoms with van der Waals surface area (Å²) in [7, 11) is 1.92. The van der Waals surface area contributed by atoms with Crippen molar-refractivity contribution < 1.29 is 27.0 Å². The molecule has 2 unspecified atom stereocenters. The van der Waals surface area contributed by atoms with E-state index in [9.17, 15) is 13.2 Å². The average molecular weight is 637 g/mol. The number of fused-ring (bicyclic) bond motifs is 3. The summed E-state index contributed by atoms with van der Waals surface area (Å²) in [6.07, 6.45) is 1.74. The Labute approximate surface area is 259 Å². The van der Waals surface area contributed by atoms with Crippen LogP contribution in [0.2, 0.25) is 0 Å². The van der Waals surface area contributed by atoms with E-state index in [1.807, 2.05) is 58.9 Å². The van der Waals surface area contributed by atoms with Gasteiger partial charge in [-0.1, -0.05) is 6.07 Å². The third-order valence-electron chi connectivity index (χ3n) is 8.05. The lowest BCUT2D eigenvalue weighted by Gasteiger charge is -2.27. The van der Waals surface area contributed by atoms with Gasteiger partial charge in [0.15, 0.2) is 0 Å². The minimum atomic E-state index is -3.00. The highest BCUT2D eigenvalue weighted by molar-refractivity contribution is 7.18. The van der Waals surface area contributed by atoms with Gasteiger partial charge in [0.25, 0.3) is 0 Å². The van der Waals surface area contributed by atoms with E-state index in [1.54, 1.807) is 6.33 Å². The fourth-order valence-corrected chi connectivity index (χ4v) is 6.83. The summed E-state index contributed by atoms with van der Waals surface area (Å²) >= 11 is 1.38. The maximum Gasteiger partial charge on any atom is 0.345 e. The van der Waals surface area contributed by atoms with E-state index in [0.29, 0.717) is 27.3 Å². The van der Waals surface area contributed by atoms with Crippen LogP contribution in [0.1, 0.15) is 31.6 Å². The number of aryl methyl sites for hydroxylation is 1. The fourth-order valence-electron chi connectivity index (χ4n) is 5.88. The van der Waals surface area contributed by atoms with Crippen molar-refractivity contribution in [2.45, 2.75) is 32.5 Å². The summed E-state index contributed by atoms with van der Waals surface area (Å²) in [6.45, 7) is 0.998. The number of nitrogens with one attached hydrogen (secondary N) is 1. The van der Waals surface area contributed by atoms with Gasteiger partial charge in [-0.2, -0.15) is 13.9 Å². The number of ether oxygens (including phenoxy) is 2. The molecule has 2 aromatic carbocycles. The Morgan fingerprint density at radius 3 is 2.69 bits per heavy atom.